The lowest BCUT2D eigenvalue weighted by molar-refractivity contribution is -0.168. The van der Waals surface area contributed by atoms with Crippen LogP contribution in [0.5, 0.6) is 0 Å². The van der Waals surface area contributed by atoms with E-state index in [1.165, 1.54) is 12.2 Å². The minimum absolute atomic E-state index is 0.0343. The summed E-state index contributed by atoms with van der Waals surface area (Å²) < 4.78 is 5.31. The van der Waals surface area contributed by atoms with E-state index in [1.54, 1.807) is 13.3 Å². The van der Waals surface area contributed by atoms with Crippen LogP contribution in [-0.4, -0.2) is 25.1 Å². The zero-order valence-electron chi connectivity index (χ0n) is 9.97. The van der Waals surface area contributed by atoms with Crippen LogP contribution < -0.4 is 0 Å². The van der Waals surface area contributed by atoms with E-state index in [4.69, 9.17) is 9.25 Å². The molecule has 0 saturated carbocycles. The molecule has 0 atom stereocenters. The van der Waals surface area contributed by atoms with Crippen LogP contribution in [0.3, 0.4) is 0 Å². The smallest absolute Gasteiger partial charge is 0.246 e. The van der Waals surface area contributed by atoms with Crippen molar-refractivity contribution in [2.75, 3.05) is 14.2 Å². The molecule has 90 valence electrons. The minimum Gasteiger partial charge on any atom is -0.464 e. The van der Waals surface area contributed by atoms with E-state index in [1.807, 2.05) is 24.3 Å². The Hall–Kier alpha value is -1.81. The number of aryl methyl sites for hydroxylation is 1. The molecule has 0 aliphatic rings. The quantitative estimate of drug-likeness (QED) is 0.761. The second-order valence-corrected chi connectivity index (χ2v) is 3.82. The Morgan fingerprint density at radius 3 is 3.00 bits per heavy atom. The van der Waals surface area contributed by atoms with Gasteiger partial charge in [-0.05, 0) is 24.1 Å². The van der Waals surface area contributed by atoms with Crippen molar-refractivity contribution >= 4 is 16.9 Å². The number of hydrogen-bond acceptors (Lipinski definition) is 3. The Morgan fingerprint density at radius 1 is 1.41 bits per heavy atom. The van der Waals surface area contributed by atoms with Gasteiger partial charge in [0.05, 0.1) is 13.4 Å². The van der Waals surface area contributed by atoms with Crippen molar-refractivity contribution in [3.05, 3.63) is 36.1 Å². The van der Waals surface area contributed by atoms with Gasteiger partial charge in [0.15, 0.2) is 0 Å². The molecule has 4 heteroatoms. The van der Waals surface area contributed by atoms with Crippen LogP contribution in [0.25, 0.3) is 11.0 Å². The van der Waals surface area contributed by atoms with Crippen molar-refractivity contribution < 1.29 is 14.0 Å². The average molecular weight is 233 g/mol. The summed E-state index contributed by atoms with van der Waals surface area (Å²) in [6, 6.07) is 7.79. The van der Waals surface area contributed by atoms with Crippen LogP contribution in [0.2, 0.25) is 0 Å². The third-order valence-electron chi connectivity index (χ3n) is 2.82. The van der Waals surface area contributed by atoms with Gasteiger partial charge in [-0.15, -0.1) is 0 Å². The highest BCUT2D eigenvalue weighted by Gasteiger charge is 2.09. The fourth-order valence-corrected chi connectivity index (χ4v) is 1.78. The van der Waals surface area contributed by atoms with Gasteiger partial charge in [-0.25, -0.2) is 5.06 Å². The SMILES string of the molecule is CON(C)C(=O)CCc1cccc2occc12. The van der Waals surface area contributed by atoms with Gasteiger partial charge >= 0.3 is 0 Å². The van der Waals surface area contributed by atoms with Gasteiger partial charge in [0.1, 0.15) is 5.58 Å². The first-order valence-corrected chi connectivity index (χ1v) is 5.48. The number of rotatable bonds is 4. The van der Waals surface area contributed by atoms with Gasteiger partial charge < -0.3 is 4.42 Å². The van der Waals surface area contributed by atoms with E-state index in [0.29, 0.717) is 12.8 Å². The molecule has 0 N–H and O–H groups in total. The predicted molar refractivity (Wildman–Crippen MR) is 64.3 cm³/mol. The lowest BCUT2D eigenvalue weighted by atomic mass is 10.1. The monoisotopic (exact) mass is 233 g/mol. The molecule has 1 amide bonds. The number of nitrogens with zero attached hydrogens (tertiary/aromatic N) is 1. The first-order valence-electron chi connectivity index (χ1n) is 5.48. The van der Waals surface area contributed by atoms with E-state index in [2.05, 4.69) is 0 Å². The van der Waals surface area contributed by atoms with Gasteiger partial charge in [-0.2, -0.15) is 0 Å². The van der Waals surface area contributed by atoms with Crippen molar-refractivity contribution in [3.8, 4) is 0 Å². The molecule has 0 radical (unpaired) electrons. The van der Waals surface area contributed by atoms with E-state index in [-0.39, 0.29) is 5.91 Å². The van der Waals surface area contributed by atoms with Crippen molar-refractivity contribution in [2.24, 2.45) is 0 Å². The van der Waals surface area contributed by atoms with E-state index in [9.17, 15) is 4.79 Å². The summed E-state index contributed by atoms with van der Waals surface area (Å²) in [5.74, 6) is -0.0343. The van der Waals surface area contributed by atoms with Crippen LogP contribution >= 0.6 is 0 Å². The van der Waals surface area contributed by atoms with Crippen LogP contribution in [-0.2, 0) is 16.1 Å². The van der Waals surface area contributed by atoms with E-state index >= 15 is 0 Å². The molecule has 4 nitrogen and oxygen atoms in total. The summed E-state index contributed by atoms with van der Waals surface area (Å²) in [5, 5.41) is 2.32. The maximum absolute atomic E-state index is 11.6. The average Bonchev–Trinajstić information content (AvgIpc) is 2.83. The highest BCUT2D eigenvalue weighted by molar-refractivity contribution is 5.82. The molecule has 0 aliphatic heterocycles. The van der Waals surface area contributed by atoms with Gasteiger partial charge in [0.2, 0.25) is 5.91 Å². The first kappa shape index (κ1) is 11.7. The second-order valence-electron chi connectivity index (χ2n) is 3.82. The Balaban J connectivity index is 2.09. The van der Waals surface area contributed by atoms with Gasteiger partial charge in [-0.1, -0.05) is 12.1 Å². The minimum atomic E-state index is -0.0343. The maximum atomic E-state index is 11.6. The van der Waals surface area contributed by atoms with Crippen LogP contribution in [0.15, 0.2) is 34.9 Å². The molecule has 0 bridgehead atoms. The van der Waals surface area contributed by atoms with Crippen LogP contribution in [0.4, 0.5) is 0 Å². The van der Waals surface area contributed by atoms with Crippen molar-refractivity contribution in [1.82, 2.24) is 5.06 Å². The zero-order valence-corrected chi connectivity index (χ0v) is 9.97. The number of carbonyl (C=O) groups excluding carboxylic acids is 1. The third kappa shape index (κ3) is 2.47. The lowest BCUT2D eigenvalue weighted by Gasteiger charge is -2.13. The molecule has 2 aromatic rings. The lowest BCUT2D eigenvalue weighted by Crippen LogP contribution is -2.25. The zero-order chi connectivity index (χ0) is 12.3. The second kappa shape index (κ2) is 5.01. The largest absolute Gasteiger partial charge is 0.464 e. The summed E-state index contributed by atoms with van der Waals surface area (Å²) in [4.78, 5) is 16.4. The molecule has 0 fully saturated rings. The van der Waals surface area contributed by atoms with Crippen LogP contribution in [0.1, 0.15) is 12.0 Å². The molecule has 0 spiro atoms. The fourth-order valence-electron chi connectivity index (χ4n) is 1.78. The fraction of sp³-hybridized carbons (Fsp3) is 0.308. The molecular weight excluding hydrogens is 218 g/mol. The van der Waals surface area contributed by atoms with Crippen molar-refractivity contribution in [2.45, 2.75) is 12.8 Å². The maximum Gasteiger partial charge on any atom is 0.246 e. The molecular formula is C13H15NO3. The summed E-state index contributed by atoms with van der Waals surface area (Å²) in [7, 11) is 3.09. The van der Waals surface area contributed by atoms with E-state index in [0.717, 1.165) is 16.5 Å². The summed E-state index contributed by atoms with van der Waals surface area (Å²) in [5.41, 5.74) is 1.98. The Kier molecular flexibility index (Phi) is 3.44. The number of fused-ring (bicyclic) bond motifs is 1. The molecule has 17 heavy (non-hydrogen) atoms. The van der Waals surface area contributed by atoms with Crippen molar-refractivity contribution in [1.29, 1.82) is 0 Å². The number of furan rings is 1. The normalized spacial score (nSPS) is 10.7. The molecule has 1 heterocycles. The van der Waals surface area contributed by atoms with Crippen molar-refractivity contribution in [3.63, 3.8) is 0 Å². The molecule has 0 aliphatic carbocycles. The Labute approximate surface area is 99.7 Å². The molecule has 0 saturated heterocycles. The van der Waals surface area contributed by atoms with Gasteiger partial charge in [-0.3, -0.25) is 9.63 Å². The first-order chi connectivity index (χ1) is 8.22. The van der Waals surface area contributed by atoms with E-state index < -0.39 is 0 Å². The molecule has 1 aromatic heterocycles. The predicted octanol–water partition coefficient (Wildman–Crippen LogP) is 2.39. The Morgan fingerprint density at radius 2 is 2.24 bits per heavy atom. The third-order valence-corrected chi connectivity index (χ3v) is 2.82. The standard InChI is InChI=1S/C13H15NO3/c1-14(16-2)13(15)7-6-10-4-3-5-12-11(10)8-9-17-12/h3-5,8-9H,6-7H2,1-2H3. The summed E-state index contributed by atoms with van der Waals surface area (Å²) in [6.45, 7) is 0. The molecule has 0 unspecified atom stereocenters. The highest BCUT2D eigenvalue weighted by atomic mass is 16.7. The number of hydroxylamine groups is 2. The van der Waals surface area contributed by atoms with Gasteiger partial charge in [0.25, 0.3) is 0 Å². The number of amides is 1. The number of hydrogen-bond donors (Lipinski definition) is 0. The number of benzene rings is 1. The molecule has 1 aromatic carbocycles. The summed E-state index contributed by atoms with van der Waals surface area (Å²) in [6.07, 6.45) is 2.77. The van der Waals surface area contributed by atoms with Crippen LogP contribution in [0, 0.1) is 0 Å². The molecule has 2 rings (SSSR count). The number of carbonyl (C=O) groups is 1. The topological polar surface area (TPSA) is 42.7 Å². The highest BCUT2D eigenvalue weighted by Crippen LogP contribution is 2.21. The summed E-state index contributed by atoms with van der Waals surface area (Å²) >= 11 is 0. The van der Waals surface area contributed by atoms with Gasteiger partial charge in [0, 0.05) is 18.9 Å². The Bertz CT molecular complexity index is 518.